The first kappa shape index (κ1) is 14.9. The maximum atomic E-state index is 11.6. The number of benzene rings is 2. The molecule has 0 saturated heterocycles. The van der Waals surface area contributed by atoms with Gasteiger partial charge < -0.3 is 10.1 Å². The molecular weight excluding hydrogens is 290 g/mol. The number of urea groups is 1. The number of anilines is 1. The number of nitrogens with zero attached hydrogens (tertiary/aromatic N) is 1. The van der Waals surface area contributed by atoms with Crippen LogP contribution in [0, 0.1) is 0 Å². The molecule has 0 atom stereocenters. The summed E-state index contributed by atoms with van der Waals surface area (Å²) in [6.07, 6.45) is 1.53. The molecular formula is C15H14ClN3O2. The van der Waals surface area contributed by atoms with Gasteiger partial charge in [0.25, 0.3) is 0 Å². The zero-order valence-corrected chi connectivity index (χ0v) is 12.1. The van der Waals surface area contributed by atoms with Gasteiger partial charge in [-0.2, -0.15) is 5.10 Å². The Morgan fingerprint density at radius 3 is 2.43 bits per heavy atom. The lowest BCUT2D eigenvalue weighted by atomic mass is 10.2. The molecule has 2 rings (SSSR count). The van der Waals surface area contributed by atoms with E-state index in [0.717, 1.165) is 11.3 Å². The van der Waals surface area contributed by atoms with Gasteiger partial charge in [0, 0.05) is 10.7 Å². The Labute approximate surface area is 127 Å². The molecule has 5 nitrogen and oxygen atoms in total. The molecule has 0 heterocycles. The standard InChI is InChI=1S/C15H14ClN3O2/c1-21-14-8-6-13(7-9-14)18-15(20)19-17-10-11-2-4-12(16)5-3-11/h2-10H,1H3,(H2,18,19,20). The van der Waals surface area contributed by atoms with Crippen LogP contribution in [0.4, 0.5) is 10.5 Å². The van der Waals surface area contributed by atoms with Crippen molar-refractivity contribution in [2.75, 3.05) is 12.4 Å². The van der Waals surface area contributed by atoms with E-state index in [9.17, 15) is 4.79 Å². The summed E-state index contributed by atoms with van der Waals surface area (Å²) in [5, 5.41) is 7.14. The number of hydrazone groups is 1. The summed E-state index contributed by atoms with van der Waals surface area (Å²) >= 11 is 5.77. The molecule has 0 aliphatic rings. The van der Waals surface area contributed by atoms with Crippen LogP contribution in [0.15, 0.2) is 53.6 Å². The third kappa shape index (κ3) is 4.81. The van der Waals surface area contributed by atoms with E-state index in [-0.39, 0.29) is 0 Å². The smallest absolute Gasteiger partial charge is 0.339 e. The van der Waals surface area contributed by atoms with Gasteiger partial charge in [0.1, 0.15) is 5.75 Å². The monoisotopic (exact) mass is 303 g/mol. The minimum absolute atomic E-state index is 0.426. The second-order valence-corrected chi connectivity index (χ2v) is 4.54. The summed E-state index contributed by atoms with van der Waals surface area (Å²) in [6.45, 7) is 0. The minimum atomic E-state index is -0.426. The van der Waals surface area contributed by atoms with E-state index in [1.807, 2.05) is 0 Å². The summed E-state index contributed by atoms with van der Waals surface area (Å²) < 4.78 is 5.04. The average molecular weight is 304 g/mol. The van der Waals surface area contributed by atoms with Crippen LogP contribution in [0.5, 0.6) is 5.75 Å². The molecule has 2 amide bonds. The van der Waals surface area contributed by atoms with Crippen LogP contribution in [0.1, 0.15) is 5.56 Å². The Morgan fingerprint density at radius 2 is 1.81 bits per heavy atom. The Kier molecular flexibility index (Phi) is 5.17. The highest BCUT2D eigenvalue weighted by Crippen LogP contribution is 2.14. The third-order valence-corrected chi connectivity index (χ3v) is 2.85. The van der Waals surface area contributed by atoms with Crippen LogP contribution >= 0.6 is 11.6 Å². The number of hydrogen-bond acceptors (Lipinski definition) is 3. The van der Waals surface area contributed by atoms with Gasteiger partial charge in [-0.05, 0) is 42.0 Å². The molecule has 0 bridgehead atoms. The Balaban J connectivity index is 1.85. The fourth-order valence-corrected chi connectivity index (χ4v) is 1.67. The SMILES string of the molecule is COc1ccc(NC(=O)NN=Cc2ccc(Cl)cc2)cc1. The van der Waals surface area contributed by atoms with Crippen molar-refractivity contribution < 1.29 is 9.53 Å². The minimum Gasteiger partial charge on any atom is -0.497 e. The normalized spacial score (nSPS) is 10.4. The van der Waals surface area contributed by atoms with E-state index in [1.165, 1.54) is 6.21 Å². The molecule has 0 saturated carbocycles. The molecule has 2 aromatic rings. The van der Waals surface area contributed by atoms with Crippen molar-refractivity contribution in [3.8, 4) is 5.75 Å². The first-order valence-electron chi connectivity index (χ1n) is 6.17. The summed E-state index contributed by atoms with van der Waals surface area (Å²) in [5.41, 5.74) is 3.86. The van der Waals surface area contributed by atoms with Crippen LogP contribution in [0.2, 0.25) is 5.02 Å². The number of nitrogens with one attached hydrogen (secondary N) is 2. The molecule has 0 fully saturated rings. The van der Waals surface area contributed by atoms with Crippen molar-refractivity contribution in [1.82, 2.24) is 5.43 Å². The van der Waals surface area contributed by atoms with Crippen LogP contribution in [-0.2, 0) is 0 Å². The Bertz CT molecular complexity index is 624. The first-order chi connectivity index (χ1) is 10.2. The lowest BCUT2D eigenvalue weighted by molar-refractivity contribution is 0.252. The van der Waals surface area contributed by atoms with Gasteiger partial charge in [-0.25, -0.2) is 10.2 Å². The van der Waals surface area contributed by atoms with Gasteiger partial charge in [0.05, 0.1) is 13.3 Å². The predicted octanol–water partition coefficient (Wildman–Crippen LogP) is 3.50. The van der Waals surface area contributed by atoms with E-state index in [1.54, 1.807) is 55.6 Å². The zero-order valence-electron chi connectivity index (χ0n) is 11.3. The van der Waals surface area contributed by atoms with Crippen LogP contribution in [0.3, 0.4) is 0 Å². The number of amides is 2. The number of carbonyl (C=O) groups is 1. The Hall–Kier alpha value is -2.53. The van der Waals surface area contributed by atoms with Crippen molar-refractivity contribution in [3.63, 3.8) is 0 Å². The Morgan fingerprint density at radius 1 is 1.14 bits per heavy atom. The highest BCUT2D eigenvalue weighted by atomic mass is 35.5. The second-order valence-electron chi connectivity index (χ2n) is 4.10. The van der Waals surface area contributed by atoms with Gasteiger partial charge in [-0.15, -0.1) is 0 Å². The molecule has 0 spiro atoms. The van der Waals surface area contributed by atoms with E-state index in [2.05, 4.69) is 15.8 Å². The first-order valence-corrected chi connectivity index (χ1v) is 6.55. The van der Waals surface area contributed by atoms with Gasteiger partial charge in [0.15, 0.2) is 0 Å². The largest absolute Gasteiger partial charge is 0.497 e. The van der Waals surface area contributed by atoms with E-state index < -0.39 is 6.03 Å². The molecule has 0 radical (unpaired) electrons. The summed E-state index contributed by atoms with van der Waals surface area (Å²) in [6, 6.07) is 13.7. The number of rotatable bonds is 4. The van der Waals surface area contributed by atoms with Gasteiger partial charge in [-0.3, -0.25) is 0 Å². The molecule has 0 aliphatic heterocycles. The molecule has 2 aromatic carbocycles. The maximum Gasteiger partial charge on any atom is 0.339 e. The fraction of sp³-hybridized carbons (Fsp3) is 0.0667. The number of hydrogen-bond donors (Lipinski definition) is 2. The third-order valence-electron chi connectivity index (χ3n) is 2.60. The van der Waals surface area contributed by atoms with Crippen LogP contribution < -0.4 is 15.5 Å². The second kappa shape index (κ2) is 7.31. The highest BCUT2D eigenvalue weighted by molar-refractivity contribution is 6.30. The van der Waals surface area contributed by atoms with Crippen molar-refractivity contribution >= 4 is 29.5 Å². The number of halogens is 1. The number of carbonyl (C=O) groups excluding carboxylic acids is 1. The van der Waals surface area contributed by atoms with Gasteiger partial charge in [0.2, 0.25) is 0 Å². The van der Waals surface area contributed by atoms with Crippen LogP contribution in [-0.4, -0.2) is 19.4 Å². The number of ether oxygens (including phenoxy) is 1. The molecule has 6 heteroatoms. The quantitative estimate of drug-likeness (QED) is 0.670. The van der Waals surface area contributed by atoms with Crippen molar-refractivity contribution in [2.24, 2.45) is 5.10 Å². The fourth-order valence-electron chi connectivity index (χ4n) is 1.55. The van der Waals surface area contributed by atoms with E-state index in [4.69, 9.17) is 16.3 Å². The molecule has 0 aliphatic carbocycles. The van der Waals surface area contributed by atoms with Crippen LogP contribution in [0.25, 0.3) is 0 Å². The van der Waals surface area contributed by atoms with Gasteiger partial charge >= 0.3 is 6.03 Å². The summed E-state index contributed by atoms with van der Waals surface area (Å²) in [4.78, 5) is 11.6. The molecule has 2 N–H and O–H groups in total. The predicted molar refractivity (Wildman–Crippen MR) is 84.2 cm³/mol. The highest BCUT2D eigenvalue weighted by Gasteiger charge is 2.00. The van der Waals surface area contributed by atoms with Crippen molar-refractivity contribution in [3.05, 3.63) is 59.1 Å². The molecule has 0 aromatic heterocycles. The number of methoxy groups -OCH3 is 1. The zero-order chi connectivity index (χ0) is 15.1. The summed E-state index contributed by atoms with van der Waals surface area (Å²) in [5.74, 6) is 0.724. The summed E-state index contributed by atoms with van der Waals surface area (Å²) in [7, 11) is 1.58. The maximum absolute atomic E-state index is 11.6. The van der Waals surface area contributed by atoms with E-state index in [0.29, 0.717) is 10.7 Å². The lowest BCUT2D eigenvalue weighted by Gasteiger charge is -2.05. The molecule has 108 valence electrons. The molecule has 0 unspecified atom stereocenters. The van der Waals surface area contributed by atoms with Crippen molar-refractivity contribution in [2.45, 2.75) is 0 Å². The van der Waals surface area contributed by atoms with Crippen molar-refractivity contribution in [1.29, 1.82) is 0 Å². The topological polar surface area (TPSA) is 62.7 Å². The average Bonchev–Trinajstić information content (AvgIpc) is 2.50. The van der Waals surface area contributed by atoms with E-state index >= 15 is 0 Å². The van der Waals surface area contributed by atoms with Gasteiger partial charge in [-0.1, -0.05) is 23.7 Å². The lowest BCUT2D eigenvalue weighted by Crippen LogP contribution is -2.24. The molecule has 21 heavy (non-hydrogen) atoms.